The Morgan fingerprint density at radius 3 is 2.62 bits per heavy atom. The van der Waals surface area contributed by atoms with Gasteiger partial charge in [0.15, 0.2) is 0 Å². The molecule has 1 saturated heterocycles. The third-order valence-electron chi connectivity index (χ3n) is 4.28. The molecule has 1 aliphatic heterocycles. The Bertz CT molecular complexity index is 407. The zero-order chi connectivity index (χ0) is 15.1. The topological polar surface area (TPSA) is 27.7 Å². The van der Waals surface area contributed by atoms with E-state index in [0.717, 1.165) is 45.9 Å². The van der Waals surface area contributed by atoms with E-state index >= 15 is 0 Å². The van der Waals surface area contributed by atoms with Gasteiger partial charge in [-0.15, -0.1) is 0 Å². The molecule has 0 aromatic heterocycles. The summed E-state index contributed by atoms with van der Waals surface area (Å²) in [7, 11) is 1.73. The Balaban J connectivity index is 1.84. The summed E-state index contributed by atoms with van der Waals surface area (Å²) < 4.78 is 5.03. The number of piperazine rings is 1. The van der Waals surface area contributed by atoms with Gasteiger partial charge in [-0.05, 0) is 31.2 Å². The predicted molar refractivity (Wildman–Crippen MR) is 88.9 cm³/mol. The van der Waals surface area contributed by atoms with Crippen LogP contribution in [0.4, 0.5) is 5.69 Å². The Morgan fingerprint density at radius 1 is 1.24 bits per heavy atom. The lowest BCUT2D eigenvalue weighted by Crippen LogP contribution is -2.51. The highest BCUT2D eigenvalue weighted by Crippen LogP contribution is 2.19. The van der Waals surface area contributed by atoms with Gasteiger partial charge in [0, 0.05) is 51.6 Å². The van der Waals surface area contributed by atoms with Crippen molar-refractivity contribution < 1.29 is 4.74 Å². The van der Waals surface area contributed by atoms with Gasteiger partial charge in [0.2, 0.25) is 0 Å². The number of anilines is 1. The number of hydrogen-bond acceptors (Lipinski definition) is 4. The fourth-order valence-electron chi connectivity index (χ4n) is 2.93. The molecule has 1 heterocycles. The fraction of sp³-hybridized carbons (Fsp3) is 0.647. The highest BCUT2D eigenvalue weighted by Gasteiger charge is 2.22. The Labute approximate surface area is 129 Å². The molecule has 1 atom stereocenters. The first kappa shape index (κ1) is 16.3. The van der Waals surface area contributed by atoms with Crippen LogP contribution in [0, 0.1) is 0 Å². The lowest BCUT2D eigenvalue weighted by molar-refractivity contribution is 0.199. The van der Waals surface area contributed by atoms with Gasteiger partial charge in [0.25, 0.3) is 0 Å². The number of nitrogens with zero attached hydrogens (tertiary/aromatic N) is 2. The summed E-state index contributed by atoms with van der Waals surface area (Å²) >= 11 is 0. The molecule has 1 fully saturated rings. The minimum atomic E-state index is 0.638. The van der Waals surface area contributed by atoms with Crippen molar-refractivity contribution in [2.75, 3.05) is 51.3 Å². The van der Waals surface area contributed by atoms with Crippen LogP contribution in [0.15, 0.2) is 24.3 Å². The first-order chi connectivity index (χ1) is 10.2. The maximum Gasteiger partial charge on any atom is 0.0587 e. The second-order valence-electron chi connectivity index (χ2n) is 5.76. The summed E-state index contributed by atoms with van der Waals surface area (Å²) in [5.41, 5.74) is 2.67. The van der Waals surface area contributed by atoms with Crippen molar-refractivity contribution in [2.45, 2.75) is 26.4 Å². The standard InChI is InChI=1S/C17H29N3O/c1-4-19-10-11-20(14-15(19)2)17-7-5-16(6-8-17)13-18-9-12-21-3/h5-8,15,18H,4,9-14H2,1-3H3. The molecule has 0 spiro atoms. The molecule has 0 radical (unpaired) electrons. The van der Waals surface area contributed by atoms with Crippen molar-refractivity contribution in [2.24, 2.45) is 0 Å². The number of likely N-dealkylation sites (N-methyl/N-ethyl adjacent to an activating group) is 1. The maximum absolute atomic E-state index is 5.03. The molecule has 4 heteroatoms. The Hall–Kier alpha value is -1.10. The molecule has 1 aromatic rings. The van der Waals surface area contributed by atoms with Crippen molar-refractivity contribution in [1.29, 1.82) is 0 Å². The van der Waals surface area contributed by atoms with Gasteiger partial charge >= 0.3 is 0 Å². The highest BCUT2D eigenvalue weighted by atomic mass is 16.5. The van der Waals surface area contributed by atoms with Gasteiger partial charge in [-0.2, -0.15) is 0 Å². The van der Waals surface area contributed by atoms with Crippen molar-refractivity contribution in [3.05, 3.63) is 29.8 Å². The SMILES string of the molecule is CCN1CCN(c2ccc(CNCCOC)cc2)CC1C. The number of nitrogens with one attached hydrogen (secondary N) is 1. The summed E-state index contributed by atoms with van der Waals surface area (Å²) in [6.07, 6.45) is 0. The average molecular weight is 291 g/mol. The molecular weight excluding hydrogens is 262 g/mol. The number of rotatable bonds is 7. The molecule has 21 heavy (non-hydrogen) atoms. The van der Waals surface area contributed by atoms with Crippen LogP contribution in [0.3, 0.4) is 0 Å². The van der Waals surface area contributed by atoms with Crippen LogP contribution < -0.4 is 10.2 Å². The maximum atomic E-state index is 5.03. The van der Waals surface area contributed by atoms with Gasteiger partial charge in [0.1, 0.15) is 0 Å². The summed E-state index contributed by atoms with van der Waals surface area (Å²) in [4.78, 5) is 5.05. The Kier molecular flexibility index (Phi) is 6.49. The van der Waals surface area contributed by atoms with E-state index in [1.54, 1.807) is 7.11 Å². The predicted octanol–water partition coefficient (Wildman–Crippen LogP) is 1.95. The number of ether oxygens (including phenoxy) is 1. The molecule has 1 aliphatic rings. The largest absolute Gasteiger partial charge is 0.383 e. The average Bonchev–Trinajstić information content (AvgIpc) is 2.52. The number of methoxy groups -OCH3 is 1. The fourth-order valence-corrected chi connectivity index (χ4v) is 2.93. The van der Waals surface area contributed by atoms with Crippen molar-refractivity contribution in [3.63, 3.8) is 0 Å². The molecule has 1 aromatic carbocycles. The van der Waals surface area contributed by atoms with Crippen LogP contribution >= 0.6 is 0 Å². The first-order valence-corrected chi connectivity index (χ1v) is 8.02. The molecule has 1 N–H and O–H groups in total. The minimum Gasteiger partial charge on any atom is -0.383 e. The van der Waals surface area contributed by atoms with Crippen molar-refractivity contribution in [3.8, 4) is 0 Å². The van der Waals surface area contributed by atoms with Crippen molar-refractivity contribution >= 4 is 5.69 Å². The smallest absolute Gasteiger partial charge is 0.0587 e. The molecule has 0 bridgehead atoms. The van der Waals surface area contributed by atoms with Crippen LogP contribution in [0.2, 0.25) is 0 Å². The van der Waals surface area contributed by atoms with E-state index < -0.39 is 0 Å². The molecular formula is C17H29N3O. The third kappa shape index (κ3) is 4.70. The first-order valence-electron chi connectivity index (χ1n) is 8.02. The summed E-state index contributed by atoms with van der Waals surface area (Å²) in [5, 5.41) is 3.38. The molecule has 4 nitrogen and oxygen atoms in total. The van der Waals surface area contributed by atoms with Gasteiger partial charge < -0.3 is 15.0 Å². The number of hydrogen-bond donors (Lipinski definition) is 1. The van der Waals surface area contributed by atoms with E-state index in [0.29, 0.717) is 6.04 Å². The molecule has 118 valence electrons. The van der Waals surface area contributed by atoms with Crippen molar-refractivity contribution in [1.82, 2.24) is 10.2 Å². The normalized spacial score (nSPS) is 20.0. The van der Waals surface area contributed by atoms with Crippen LogP contribution in [0.25, 0.3) is 0 Å². The van der Waals surface area contributed by atoms with Crippen LogP contribution in [-0.2, 0) is 11.3 Å². The zero-order valence-corrected chi connectivity index (χ0v) is 13.6. The molecule has 0 saturated carbocycles. The summed E-state index contributed by atoms with van der Waals surface area (Å²) in [6.45, 7) is 11.7. The minimum absolute atomic E-state index is 0.638. The quantitative estimate of drug-likeness (QED) is 0.777. The van der Waals surface area contributed by atoms with E-state index in [2.05, 4.69) is 53.2 Å². The second kappa shape index (κ2) is 8.37. The zero-order valence-electron chi connectivity index (χ0n) is 13.6. The van der Waals surface area contributed by atoms with E-state index in [4.69, 9.17) is 4.74 Å². The monoisotopic (exact) mass is 291 g/mol. The van der Waals surface area contributed by atoms with E-state index in [9.17, 15) is 0 Å². The molecule has 2 rings (SSSR count). The van der Waals surface area contributed by atoms with Gasteiger partial charge in [-0.3, -0.25) is 4.90 Å². The van der Waals surface area contributed by atoms with Gasteiger partial charge in [0.05, 0.1) is 6.61 Å². The lowest BCUT2D eigenvalue weighted by Gasteiger charge is -2.40. The van der Waals surface area contributed by atoms with Crippen LogP contribution in [0.5, 0.6) is 0 Å². The van der Waals surface area contributed by atoms with Crippen LogP contribution in [0.1, 0.15) is 19.4 Å². The number of benzene rings is 1. The van der Waals surface area contributed by atoms with Gasteiger partial charge in [-0.25, -0.2) is 0 Å². The summed E-state index contributed by atoms with van der Waals surface area (Å²) in [6, 6.07) is 9.60. The highest BCUT2D eigenvalue weighted by molar-refractivity contribution is 5.48. The molecule has 0 aliphatic carbocycles. The van der Waals surface area contributed by atoms with E-state index in [1.165, 1.54) is 11.3 Å². The second-order valence-corrected chi connectivity index (χ2v) is 5.76. The molecule has 0 amide bonds. The van der Waals surface area contributed by atoms with Gasteiger partial charge in [-0.1, -0.05) is 19.1 Å². The third-order valence-corrected chi connectivity index (χ3v) is 4.28. The molecule has 1 unspecified atom stereocenters. The van der Waals surface area contributed by atoms with Crippen LogP contribution in [-0.4, -0.2) is 57.4 Å². The van der Waals surface area contributed by atoms with E-state index in [-0.39, 0.29) is 0 Å². The summed E-state index contributed by atoms with van der Waals surface area (Å²) in [5.74, 6) is 0. The Morgan fingerprint density at radius 2 is 2.00 bits per heavy atom. The lowest BCUT2D eigenvalue weighted by atomic mass is 10.1. The van der Waals surface area contributed by atoms with E-state index in [1.807, 2.05) is 0 Å².